The number of aldehydes is 1. The van der Waals surface area contributed by atoms with Gasteiger partial charge in [0.25, 0.3) is 11.5 Å². The molecular formula is C32H34F3N5O2S. The molecule has 7 nitrogen and oxygen atoms in total. The summed E-state index contributed by atoms with van der Waals surface area (Å²) in [5, 5.41) is 10.1. The van der Waals surface area contributed by atoms with Crippen LogP contribution in [0, 0.1) is 17.1 Å². The summed E-state index contributed by atoms with van der Waals surface area (Å²) in [6.45, 7) is 7.93. The van der Waals surface area contributed by atoms with Crippen LogP contribution in [0.4, 0.5) is 13.2 Å². The number of hydrogen-bond donors (Lipinski definition) is 0. The molecule has 4 rings (SSSR count). The molecule has 0 aliphatic rings. The zero-order valence-electron chi connectivity index (χ0n) is 24.7. The minimum absolute atomic E-state index is 0.0172. The summed E-state index contributed by atoms with van der Waals surface area (Å²) in [4.78, 5) is 34.7. The molecule has 0 fully saturated rings. The van der Waals surface area contributed by atoms with E-state index in [0.717, 1.165) is 24.4 Å². The Kier molecular flexibility index (Phi) is 11.6. The number of aromatic nitrogens is 3. The Balaban J connectivity index is 0.000000303. The molecule has 11 heteroatoms. The van der Waals surface area contributed by atoms with Gasteiger partial charge in [-0.1, -0.05) is 19.9 Å². The van der Waals surface area contributed by atoms with Crippen LogP contribution in [0.15, 0.2) is 65.6 Å². The Morgan fingerprint density at radius 2 is 1.84 bits per heavy atom. The Morgan fingerprint density at radius 3 is 2.44 bits per heavy atom. The number of nitrogens with zero attached hydrogens (tertiary/aromatic N) is 5. The standard InChI is InChI=1S/C22H25N5OS.C10H9F3O/c1-15(2)29-13-12-26(4)16(3)21-25-20-19(6-5-11-24-20)22(28)27(21)18-9-7-17(14-23)8-10-18;1-10(12,13)8-6-7(4-5-14)2-3-9(8)11/h5-11,15-16H,12-13H2,1-4H3;2-3,5-6H,4H2,1H3. The normalized spacial score (nSPS) is 12.1. The third-order valence-corrected chi connectivity index (χ3v) is 7.76. The monoisotopic (exact) mass is 609 g/mol. The quantitative estimate of drug-likeness (QED) is 0.191. The third kappa shape index (κ3) is 8.75. The average molecular weight is 610 g/mol. The minimum atomic E-state index is -3.22. The smallest absolute Gasteiger partial charge is 0.273 e. The van der Waals surface area contributed by atoms with Crippen molar-refractivity contribution in [3.63, 3.8) is 0 Å². The van der Waals surface area contributed by atoms with Crippen LogP contribution < -0.4 is 5.56 Å². The molecule has 4 aromatic rings. The number of rotatable bonds is 10. The molecule has 0 bridgehead atoms. The number of alkyl halides is 2. The fraction of sp³-hybridized carbons (Fsp3) is 0.344. The average Bonchev–Trinajstić information content (AvgIpc) is 2.97. The van der Waals surface area contributed by atoms with Gasteiger partial charge < -0.3 is 4.79 Å². The fourth-order valence-electron chi connectivity index (χ4n) is 4.21. The zero-order valence-corrected chi connectivity index (χ0v) is 25.5. The van der Waals surface area contributed by atoms with Crippen LogP contribution in [0.25, 0.3) is 16.7 Å². The summed E-state index contributed by atoms with van der Waals surface area (Å²) in [7, 11) is 2.05. The van der Waals surface area contributed by atoms with Crippen molar-refractivity contribution >= 4 is 29.1 Å². The minimum Gasteiger partial charge on any atom is -0.303 e. The molecule has 43 heavy (non-hydrogen) atoms. The van der Waals surface area contributed by atoms with E-state index in [4.69, 9.17) is 10.2 Å². The first-order valence-electron chi connectivity index (χ1n) is 13.7. The van der Waals surface area contributed by atoms with Crippen LogP contribution in [0.3, 0.4) is 0 Å². The summed E-state index contributed by atoms with van der Waals surface area (Å²) >= 11 is 1.91. The van der Waals surface area contributed by atoms with E-state index < -0.39 is 17.3 Å². The van der Waals surface area contributed by atoms with Crippen LogP contribution in [0.2, 0.25) is 0 Å². The van der Waals surface area contributed by atoms with E-state index in [1.165, 1.54) is 6.07 Å². The van der Waals surface area contributed by atoms with Crippen LogP contribution in [-0.2, 0) is 17.1 Å². The lowest BCUT2D eigenvalue weighted by atomic mass is 10.0. The Labute approximate surface area is 253 Å². The molecule has 2 aromatic heterocycles. The van der Waals surface area contributed by atoms with Crippen molar-refractivity contribution in [1.82, 2.24) is 19.4 Å². The maximum Gasteiger partial charge on any atom is 0.273 e. The van der Waals surface area contributed by atoms with Crippen LogP contribution >= 0.6 is 11.8 Å². The predicted molar refractivity (Wildman–Crippen MR) is 164 cm³/mol. The molecule has 0 saturated carbocycles. The summed E-state index contributed by atoms with van der Waals surface area (Å²) in [5.74, 6) is -2.52. The number of hydrogen-bond acceptors (Lipinski definition) is 7. The topological polar surface area (TPSA) is 91.9 Å². The molecule has 0 spiro atoms. The Morgan fingerprint density at radius 1 is 1.14 bits per heavy atom. The van der Waals surface area contributed by atoms with Crippen molar-refractivity contribution < 1.29 is 18.0 Å². The maximum absolute atomic E-state index is 13.3. The molecule has 0 aliphatic carbocycles. The van der Waals surface area contributed by atoms with Crippen molar-refractivity contribution in [2.24, 2.45) is 0 Å². The zero-order chi connectivity index (χ0) is 31.7. The molecule has 226 valence electrons. The maximum atomic E-state index is 13.3. The molecule has 2 aromatic carbocycles. The molecule has 0 saturated heterocycles. The van der Waals surface area contributed by atoms with Gasteiger partial charge in [-0.15, -0.1) is 0 Å². The summed E-state index contributed by atoms with van der Waals surface area (Å²) in [5.41, 5.74) is 1.26. The lowest BCUT2D eigenvalue weighted by Crippen LogP contribution is -2.32. The molecule has 1 unspecified atom stereocenters. The Hall–Kier alpha value is -4.01. The van der Waals surface area contributed by atoms with E-state index in [1.54, 1.807) is 47.2 Å². The first-order chi connectivity index (χ1) is 20.4. The summed E-state index contributed by atoms with van der Waals surface area (Å²) < 4.78 is 40.2. The van der Waals surface area contributed by atoms with Gasteiger partial charge in [0.15, 0.2) is 5.65 Å². The lowest BCUT2D eigenvalue weighted by Gasteiger charge is -2.26. The SMILES string of the molecule is CC(C)SCCN(C)C(C)c1nc2ncccc2c(=O)n1-c1ccc(C#N)cc1.CC(F)(F)c1cc(CC=O)ccc1F. The van der Waals surface area contributed by atoms with Crippen LogP contribution in [-0.4, -0.2) is 50.3 Å². The highest BCUT2D eigenvalue weighted by Gasteiger charge is 2.28. The van der Waals surface area contributed by atoms with Gasteiger partial charge in [0.1, 0.15) is 17.9 Å². The van der Waals surface area contributed by atoms with E-state index in [9.17, 15) is 22.8 Å². The van der Waals surface area contributed by atoms with Gasteiger partial charge in [-0.05, 0) is 73.3 Å². The van der Waals surface area contributed by atoms with E-state index in [1.807, 2.05) is 18.8 Å². The second-order valence-corrected chi connectivity index (χ2v) is 12.0. The number of pyridine rings is 1. The van der Waals surface area contributed by atoms with Gasteiger partial charge in [0, 0.05) is 31.8 Å². The van der Waals surface area contributed by atoms with Gasteiger partial charge in [-0.25, -0.2) is 23.1 Å². The second-order valence-electron chi connectivity index (χ2n) is 10.3. The fourth-order valence-corrected chi connectivity index (χ4v) is 5.07. The van der Waals surface area contributed by atoms with Crippen molar-refractivity contribution in [2.45, 2.75) is 51.3 Å². The molecular weight excluding hydrogens is 575 g/mol. The lowest BCUT2D eigenvalue weighted by molar-refractivity contribution is -0.107. The van der Waals surface area contributed by atoms with Gasteiger partial charge >= 0.3 is 0 Å². The van der Waals surface area contributed by atoms with E-state index in [-0.39, 0.29) is 18.0 Å². The first-order valence-corrected chi connectivity index (χ1v) is 14.7. The van der Waals surface area contributed by atoms with Crippen molar-refractivity contribution in [1.29, 1.82) is 5.26 Å². The van der Waals surface area contributed by atoms with Crippen LogP contribution in [0.1, 0.15) is 56.3 Å². The van der Waals surface area contributed by atoms with Gasteiger partial charge in [-0.3, -0.25) is 14.3 Å². The van der Waals surface area contributed by atoms with Gasteiger partial charge in [0.05, 0.1) is 34.3 Å². The highest BCUT2D eigenvalue weighted by molar-refractivity contribution is 7.99. The molecule has 0 aliphatic heterocycles. The number of fused-ring (bicyclic) bond motifs is 1. The van der Waals surface area contributed by atoms with Crippen LogP contribution in [0.5, 0.6) is 0 Å². The highest BCUT2D eigenvalue weighted by atomic mass is 32.2. The highest BCUT2D eigenvalue weighted by Crippen LogP contribution is 2.30. The van der Waals surface area contributed by atoms with Gasteiger partial charge in [0.2, 0.25) is 0 Å². The van der Waals surface area contributed by atoms with Crippen molar-refractivity contribution in [3.8, 4) is 11.8 Å². The number of benzene rings is 2. The Bertz CT molecular complexity index is 1650. The van der Waals surface area contributed by atoms with E-state index in [2.05, 4.69) is 36.7 Å². The van der Waals surface area contributed by atoms with E-state index >= 15 is 0 Å². The molecule has 0 N–H and O–H groups in total. The molecule has 0 amide bonds. The van der Waals surface area contributed by atoms with Crippen molar-refractivity contribution in [2.75, 3.05) is 19.3 Å². The third-order valence-electron chi connectivity index (χ3n) is 6.68. The second kappa shape index (κ2) is 14.9. The van der Waals surface area contributed by atoms with Crippen molar-refractivity contribution in [3.05, 3.63) is 99.5 Å². The summed E-state index contributed by atoms with van der Waals surface area (Å²) in [6.07, 6.45) is 2.26. The number of carbonyl (C=O) groups excluding carboxylic acids is 1. The largest absolute Gasteiger partial charge is 0.303 e. The molecule has 1 atom stereocenters. The number of nitriles is 1. The summed E-state index contributed by atoms with van der Waals surface area (Å²) in [6, 6.07) is 15.8. The predicted octanol–water partition coefficient (Wildman–Crippen LogP) is 6.47. The number of halogens is 3. The van der Waals surface area contributed by atoms with E-state index in [0.29, 0.717) is 52.1 Å². The number of thioether (sulfide) groups is 1. The molecule has 2 heterocycles. The number of carbonyl (C=O) groups is 1. The molecule has 0 radical (unpaired) electrons. The van der Waals surface area contributed by atoms with Gasteiger partial charge in [-0.2, -0.15) is 17.0 Å². The first kappa shape index (κ1) is 33.5.